The van der Waals surface area contributed by atoms with Gasteiger partial charge in [-0.25, -0.2) is 0 Å². The number of ketones is 2. The van der Waals surface area contributed by atoms with Gasteiger partial charge in [0.1, 0.15) is 29.9 Å². The van der Waals surface area contributed by atoms with Gasteiger partial charge in [-0.2, -0.15) is 0 Å². The standard InChI is InChI=1S/C35H56O9/c1-19(14-21(36)16-31(2,3)41)27-23(37)17-34(7)22-8-9-25-32(4,5)26(44-30-29(40)28(39)24(38)18-43-30)11-13-35(25,42)15-20(22)10-12-33(27,34)6/h10,19,22,24-30,38-42H,8-9,11-18H2,1-7H3. The average molecular weight is 621 g/mol. The highest BCUT2D eigenvalue weighted by molar-refractivity contribution is 5.87. The highest BCUT2D eigenvalue weighted by atomic mass is 16.7. The second kappa shape index (κ2) is 11.5. The normalized spacial score (nSPS) is 46.3. The molecule has 12 unspecified atom stereocenters. The van der Waals surface area contributed by atoms with E-state index >= 15 is 0 Å². The summed E-state index contributed by atoms with van der Waals surface area (Å²) in [5, 5.41) is 53.0. The second-order valence-corrected chi connectivity index (χ2v) is 16.8. The summed E-state index contributed by atoms with van der Waals surface area (Å²) in [5.74, 6) is -0.114. The summed E-state index contributed by atoms with van der Waals surface area (Å²) in [5.41, 5.74) is -1.85. The lowest BCUT2D eigenvalue weighted by atomic mass is 9.51. The Labute approximate surface area is 262 Å². The van der Waals surface area contributed by atoms with Gasteiger partial charge in [-0.3, -0.25) is 9.59 Å². The predicted octanol–water partition coefficient (Wildman–Crippen LogP) is 3.47. The van der Waals surface area contributed by atoms with Crippen LogP contribution in [0.3, 0.4) is 0 Å². The van der Waals surface area contributed by atoms with Crippen molar-refractivity contribution in [3.8, 4) is 0 Å². The molecule has 0 radical (unpaired) electrons. The first-order chi connectivity index (χ1) is 20.2. The summed E-state index contributed by atoms with van der Waals surface area (Å²) >= 11 is 0. The van der Waals surface area contributed by atoms with Crippen molar-refractivity contribution in [1.29, 1.82) is 0 Å². The lowest BCUT2D eigenvalue weighted by Crippen LogP contribution is -2.59. The molecule has 4 fully saturated rings. The van der Waals surface area contributed by atoms with Crippen molar-refractivity contribution in [1.82, 2.24) is 0 Å². The van der Waals surface area contributed by atoms with Crippen molar-refractivity contribution in [2.75, 3.05) is 6.61 Å². The number of hydrogen-bond acceptors (Lipinski definition) is 9. The fourth-order valence-electron chi connectivity index (χ4n) is 10.5. The molecule has 9 heteroatoms. The van der Waals surface area contributed by atoms with Gasteiger partial charge in [0.25, 0.3) is 0 Å². The predicted molar refractivity (Wildman–Crippen MR) is 163 cm³/mol. The Bertz CT molecular complexity index is 1160. The van der Waals surface area contributed by atoms with Crippen molar-refractivity contribution in [3.05, 3.63) is 11.6 Å². The summed E-state index contributed by atoms with van der Waals surface area (Å²) in [7, 11) is 0. The van der Waals surface area contributed by atoms with Gasteiger partial charge < -0.3 is 35.0 Å². The first kappa shape index (κ1) is 34.1. The molecule has 1 aliphatic heterocycles. The second-order valence-electron chi connectivity index (χ2n) is 16.8. The van der Waals surface area contributed by atoms with Crippen LogP contribution in [0.1, 0.15) is 106 Å². The number of fused-ring (bicyclic) bond motifs is 4. The lowest BCUT2D eigenvalue weighted by Gasteiger charge is -2.54. The van der Waals surface area contributed by atoms with Gasteiger partial charge in [-0.15, -0.1) is 0 Å². The molecule has 0 spiro atoms. The van der Waals surface area contributed by atoms with E-state index in [1.165, 1.54) is 5.57 Å². The Hall–Kier alpha value is -1.20. The van der Waals surface area contributed by atoms with Crippen molar-refractivity contribution < 1.29 is 44.6 Å². The molecule has 0 aromatic heterocycles. The molecule has 1 saturated heterocycles. The van der Waals surface area contributed by atoms with Crippen LogP contribution in [-0.4, -0.2) is 85.6 Å². The number of hydrogen-bond donors (Lipinski definition) is 5. The molecule has 0 aromatic carbocycles. The van der Waals surface area contributed by atoms with Crippen LogP contribution in [0, 0.1) is 39.9 Å². The molecule has 4 aliphatic carbocycles. The van der Waals surface area contributed by atoms with E-state index in [9.17, 15) is 35.1 Å². The molecule has 3 saturated carbocycles. The zero-order valence-corrected chi connectivity index (χ0v) is 27.7. The molecule has 5 rings (SSSR count). The van der Waals surface area contributed by atoms with E-state index in [-0.39, 0.29) is 71.6 Å². The molecule has 250 valence electrons. The van der Waals surface area contributed by atoms with Crippen LogP contribution in [0.2, 0.25) is 0 Å². The van der Waals surface area contributed by atoms with Crippen LogP contribution in [0.15, 0.2) is 11.6 Å². The Morgan fingerprint density at radius 1 is 1.07 bits per heavy atom. The average Bonchev–Trinajstić information content (AvgIpc) is 2.99. The summed E-state index contributed by atoms with van der Waals surface area (Å²) < 4.78 is 11.9. The summed E-state index contributed by atoms with van der Waals surface area (Å²) in [4.78, 5) is 26.6. The number of rotatable bonds is 7. The molecule has 1 heterocycles. The van der Waals surface area contributed by atoms with Gasteiger partial charge in [0.2, 0.25) is 0 Å². The first-order valence-corrected chi connectivity index (χ1v) is 16.7. The fourth-order valence-corrected chi connectivity index (χ4v) is 10.5. The lowest BCUT2D eigenvalue weighted by molar-refractivity contribution is -0.304. The minimum Gasteiger partial charge on any atom is -0.390 e. The van der Waals surface area contributed by atoms with E-state index in [2.05, 4.69) is 33.8 Å². The molecule has 0 amide bonds. The van der Waals surface area contributed by atoms with E-state index in [1.807, 2.05) is 6.92 Å². The zero-order chi connectivity index (χ0) is 32.6. The summed E-state index contributed by atoms with van der Waals surface area (Å²) in [6.45, 7) is 13.9. The quantitative estimate of drug-likeness (QED) is 0.269. The topological polar surface area (TPSA) is 154 Å². The molecule has 5 aliphatic rings. The molecule has 0 bridgehead atoms. The highest BCUT2D eigenvalue weighted by Gasteiger charge is 2.66. The third-order valence-electron chi connectivity index (χ3n) is 12.9. The number of carbonyl (C=O) groups excluding carboxylic acids is 2. The van der Waals surface area contributed by atoms with Crippen LogP contribution < -0.4 is 0 Å². The minimum atomic E-state index is -1.36. The Morgan fingerprint density at radius 3 is 2.41 bits per heavy atom. The van der Waals surface area contributed by atoms with Crippen molar-refractivity contribution >= 4 is 11.6 Å². The number of carbonyl (C=O) groups is 2. The van der Waals surface area contributed by atoms with E-state index < -0.39 is 41.2 Å². The molecule has 5 N–H and O–H groups in total. The van der Waals surface area contributed by atoms with Gasteiger partial charge in [-0.1, -0.05) is 46.3 Å². The van der Waals surface area contributed by atoms with Crippen LogP contribution in [0.5, 0.6) is 0 Å². The molecule has 12 atom stereocenters. The van der Waals surface area contributed by atoms with Gasteiger partial charge in [0, 0.05) is 25.2 Å². The van der Waals surface area contributed by atoms with E-state index in [0.29, 0.717) is 25.7 Å². The number of aliphatic hydroxyl groups is 5. The summed E-state index contributed by atoms with van der Waals surface area (Å²) in [6.07, 6.45) is 1.81. The number of aliphatic hydroxyl groups excluding tert-OH is 3. The zero-order valence-electron chi connectivity index (χ0n) is 27.7. The van der Waals surface area contributed by atoms with Crippen LogP contribution in [0.25, 0.3) is 0 Å². The largest absolute Gasteiger partial charge is 0.390 e. The van der Waals surface area contributed by atoms with Gasteiger partial charge in [0.15, 0.2) is 6.29 Å². The molecular weight excluding hydrogens is 564 g/mol. The molecule has 9 nitrogen and oxygen atoms in total. The van der Waals surface area contributed by atoms with Crippen molar-refractivity contribution in [3.63, 3.8) is 0 Å². The third-order valence-corrected chi connectivity index (χ3v) is 12.9. The SMILES string of the molecule is CC(CC(=O)CC(C)(C)O)C1C(=O)CC2(C)C3CCC4C(O)(CCC(OC5OCC(O)C(O)C5O)C4(C)C)CC3=CCC12C. The first-order valence-electron chi connectivity index (χ1n) is 16.7. The maximum Gasteiger partial charge on any atom is 0.186 e. The smallest absolute Gasteiger partial charge is 0.186 e. The molecular formula is C35H56O9. The Kier molecular flexibility index (Phi) is 8.92. The van der Waals surface area contributed by atoms with E-state index in [4.69, 9.17) is 9.47 Å². The van der Waals surface area contributed by atoms with Gasteiger partial charge >= 0.3 is 0 Å². The fraction of sp³-hybridized carbons (Fsp3) is 0.886. The van der Waals surface area contributed by atoms with Gasteiger partial charge in [0.05, 0.1) is 23.9 Å². The van der Waals surface area contributed by atoms with Crippen molar-refractivity contribution in [2.24, 2.45) is 39.9 Å². The van der Waals surface area contributed by atoms with E-state index in [0.717, 1.165) is 19.3 Å². The highest BCUT2D eigenvalue weighted by Crippen LogP contribution is 2.69. The third kappa shape index (κ3) is 5.67. The van der Waals surface area contributed by atoms with Crippen LogP contribution >= 0.6 is 0 Å². The van der Waals surface area contributed by atoms with E-state index in [1.54, 1.807) is 13.8 Å². The number of ether oxygens (including phenoxy) is 2. The van der Waals surface area contributed by atoms with Crippen molar-refractivity contribution in [2.45, 2.75) is 148 Å². The monoisotopic (exact) mass is 620 g/mol. The Balaban J connectivity index is 1.36. The Morgan fingerprint density at radius 2 is 1.75 bits per heavy atom. The molecule has 0 aromatic rings. The molecule has 44 heavy (non-hydrogen) atoms. The maximum absolute atomic E-state index is 13.8. The van der Waals surface area contributed by atoms with Crippen LogP contribution in [0.4, 0.5) is 0 Å². The van der Waals surface area contributed by atoms with Crippen LogP contribution in [-0.2, 0) is 19.1 Å². The van der Waals surface area contributed by atoms with Gasteiger partial charge in [-0.05, 0) is 86.4 Å². The number of Topliss-reactive ketones (excluding diaryl/α,β-unsaturated/α-hetero) is 2. The maximum atomic E-state index is 13.8. The number of allylic oxidation sites excluding steroid dienone is 1. The minimum absolute atomic E-state index is 0.0151. The summed E-state index contributed by atoms with van der Waals surface area (Å²) in [6, 6.07) is 0.